The lowest BCUT2D eigenvalue weighted by Gasteiger charge is -2.22. The minimum absolute atomic E-state index is 0.223. The summed E-state index contributed by atoms with van der Waals surface area (Å²) in [5.74, 6) is 0. The highest BCUT2D eigenvalue weighted by Crippen LogP contribution is 2.31. The summed E-state index contributed by atoms with van der Waals surface area (Å²) in [6.07, 6.45) is 1.73. The number of carbonyl (C=O) groups excluding carboxylic acids is 1. The normalized spacial score (nSPS) is 15.1. The van der Waals surface area contributed by atoms with Crippen LogP contribution in [0.2, 0.25) is 5.15 Å². The molecule has 1 aliphatic heterocycles. The highest BCUT2D eigenvalue weighted by molar-refractivity contribution is 7.13. The molecule has 2 N–H and O–H groups in total. The Morgan fingerprint density at radius 2 is 2.12 bits per heavy atom. The van der Waals surface area contributed by atoms with Gasteiger partial charge in [-0.3, -0.25) is 5.32 Å². The van der Waals surface area contributed by atoms with Gasteiger partial charge in [-0.2, -0.15) is 0 Å². The van der Waals surface area contributed by atoms with Gasteiger partial charge in [0.2, 0.25) is 0 Å². The molecule has 1 fully saturated rings. The van der Waals surface area contributed by atoms with Crippen LogP contribution in [0.3, 0.4) is 0 Å². The fraction of sp³-hybridized carbons (Fsp3) is 0.412. The smallest absolute Gasteiger partial charge is 0.411 e. The van der Waals surface area contributed by atoms with Gasteiger partial charge in [-0.15, -0.1) is 11.3 Å². The summed E-state index contributed by atoms with van der Waals surface area (Å²) >= 11 is 7.31. The molecule has 0 bridgehead atoms. The van der Waals surface area contributed by atoms with Crippen molar-refractivity contribution in [2.75, 3.05) is 31.6 Å². The number of ether oxygens (including phenoxy) is 2. The standard InChI is InChI=1S/C17H20ClN3O3S/c18-15-11-25-16(21-15)13-3-1-2-4-14(13)20-17(22)24-10-9-23-12-5-7-19-8-6-12/h1-4,11-12,19H,5-10H2,(H,20,22). The number of thiazole rings is 1. The van der Waals surface area contributed by atoms with Crippen molar-refractivity contribution in [3.63, 3.8) is 0 Å². The van der Waals surface area contributed by atoms with Gasteiger partial charge >= 0.3 is 6.09 Å². The number of anilines is 1. The van der Waals surface area contributed by atoms with Crippen molar-refractivity contribution in [2.45, 2.75) is 18.9 Å². The van der Waals surface area contributed by atoms with Crippen molar-refractivity contribution in [3.05, 3.63) is 34.8 Å². The lowest BCUT2D eigenvalue weighted by atomic mass is 10.1. The van der Waals surface area contributed by atoms with E-state index in [1.807, 2.05) is 18.2 Å². The number of amides is 1. The van der Waals surface area contributed by atoms with Crippen LogP contribution in [0.15, 0.2) is 29.6 Å². The van der Waals surface area contributed by atoms with E-state index in [9.17, 15) is 4.79 Å². The molecule has 6 nitrogen and oxygen atoms in total. The molecule has 1 aliphatic rings. The van der Waals surface area contributed by atoms with Gasteiger partial charge in [0.1, 0.15) is 16.8 Å². The Kier molecular flexibility index (Phi) is 6.63. The number of nitrogens with zero attached hydrogens (tertiary/aromatic N) is 1. The minimum atomic E-state index is -0.510. The topological polar surface area (TPSA) is 72.5 Å². The lowest BCUT2D eigenvalue weighted by molar-refractivity contribution is 0.00934. The summed E-state index contributed by atoms with van der Waals surface area (Å²) in [7, 11) is 0. The molecule has 0 unspecified atom stereocenters. The first-order valence-electron chi connectivity index (χ1n) is 8.19. The van der Waals surface area contributed by atoms with E-state index >= 15 is 0 Å². The molecule has 0 aliphatic carbocycles. The van der Waals surface area contributed by atoms with Crippen molar-refractivity contribution in [1.29, 1.82) is 0 Å². The maximum atomic E-state index is 12.0. The van der Waals surface area contributed by atoms with Gasteiger partial charge in [-0.1, -0.05) is 23.7 Å². The summed E-state index contributed by atoms with van der Waals surface area (Å²) in [6, 6.07) is 7.41. The van der Waals surface area contributed by atoms with Crippen LogP contribution in [0.25, 0.3) is 10.6 Å². The molecule has 1 saturated heterocycles. The van der Waals surface area contributed by atoms with Crippen molar-refractivity contribution >= 4 is 34.7 Å². The summed E-state index contributed by atoms with van der Waals surface area (Å²) in [6.45, 7) is 2.58. The average Bonchev–Trinajstić information content (AvgIpc) is 3.06. The fourth-order valence-electron chi connectivity index (χ4n) is 2.61. The van der Waals surface area contributed by atoms with Crippen LogP contribution in [-0.2, 0) is 9.47 Å². The molecule has 0 radical (unpaired) electrons. The third-order valence-corrected chi connectivity index (χ3v) is 5.03. The van der Waals surface area contributed by atoms with Crippen LogP contribution in [0, 0.1) is 0 Å². The zero-order chi connectivity index (χ0) is 17.5. The van der Waals surface area contributed by atoms with Crippen LogP contribution in [0.4, 0.5) is 10.5 Å². The van der Waals surface area contributed by atoms with Gasteiger partial charge in [0.25, 0.3) is 0 Å². The quantitative estimate of drug-likeness (QED) is 0.745. The number of para-hydroxylation sites is 1. The maximum Gasteiger partial charge on any atom is 0.411 e. The Balaban J connectivity index is 1.48. The van der Waals surface area contributed by atoms with Crippen molar-refractivity contribution in [3.8, 4) is 10.6 Å². The van der Waals surface area contributed by atoms with E-state index in [4.69, 9.17) is 21.1 Å². The third-order valence-electron chi connectivity index (χ3n) is 3.83. The molecule has 0 spiro atoms. The predicted molar refractivity (Wildman–Crippen MR) is 99.4 cm³/mol. The van der Waals surface area contributed by atoms with E-state index in [2.05, 4.69) is 15.6 Å². The highest BCUT2D eigenvalue weighted by atomic mass is 35.5. The zero-order valence-electron chi connectivity index (χ0n) is 13.7. The molecule has 3 rings (SSSR count). The number of hydrogen-bond acceptors (Lipinski definition) is 6. The minimum Gasteiger partial charge on any atom is -0.447 e. The first-order valence-corrected chi connectivity index (χ1v) is 9.44. The first-order chi connectivity index (χ1) is 12.2. The van der Waals surface area contributed by atoms with Crippen molar-refractivity contribution < 1.29 is 14.3 Å². The Bertz CT molecular complexity index is 704. The van der Waals surface area contributed by atoms with Crippen LogP contribution >= 0.6 is 22.9 Å². The molecular weight excluding hydrogens is 362 g/mol. The highest BCUT2D eigenvalue weighted by Gasteiger charge is 2.14. The molecule has 2 heterocycles. The van der Waals surface area contributed by atoms with Gasteiger partial charge in [0.05, 0.1) is 18.4 Å². The van der Waals surface area contributed by atoms with Crippen LogP contribution in [0.1, 0.15) is 12.8 Å². The number of nitrogens with one attached hydrogen (secondary N) is 2. The summed E-state index contributed by atoms with van der Waals surface area (Å²) in [4.78, 5) is 16.3. The lowest BCUT2D eigenvalue weighted by Crippen LogP contribution is -2.33. The Labute approximate surface area is 155 Å². The molecule has 25 heavy (non-hydrogen) atoms. The predicted octanol–water partition coefficient (Wildman–Crippen LogP) is 3.78. The second-order valence-electron chi connectivity index (χ2n) is 5.60. The molecule has 0 saturated carbocycles. The van der Waals surface area contributed by atoms with Crippen LogP contribution < -0.4 is 10.6 Å². The number of halogens is 1. The molecular formula is C17H20ClN3O3S. The van der Waals surface area contributed by atoms with E-state index < -0.39 is 6.09 Å². The Hall–Kier alpha value is -1.67. The number of carbonyl (C=O) groups is 1. The molecule has 134 valence electrons. The second-order valence-corrected chi connectivity index (χ2v) is 6.85. The molecule has 1 amide bonds. The number of benzene rings is 1. The third kappa shape index (κ3) is 5.40. The first kappa shape index (κ1) is 18.1. The molecule has 8 heteroatoms. The molecule has 2 aromatic rings. The maximum absolute atomic E-state index is 12.0. The SMILES string of the molecule is O=C(Nc1ccccc1-c1nc(Cl)cs1)OCCOC1CCNCC1. The number of piperidine rings is 1. The van der Waals surface area contributed by atoms with Gasteiger partial charge in [-0.05, 0) is 38.1 Å². The van der Waals surface area contributed by atoms with E-state index in [0.29, 0.717) is 17.4 Å². The monoisotopic (exact) mass is 381 g/mol. The summed E-state index contributed by atoms with van der Waals surface area (Å²) in [5, 5.41) is 8.97. The zero-order valence-corrected chi connectivity index (χ0v) is 15.2. The van der Waals surface area contributed by atoms with E-state index in [-0.39, 0.29) is 12.7 Å². The van der Waals surface area contributed by atoms with Crippen molar-refractivity contribution in [1.82, 2.24) is 10.3 Å². The Morgan fingerprint density at radius 1 is 1.32 bits per heavy atom. The summed E-state index contributed by atoms with van der Waals surface area (Å²) in [5.41, 5.74) is 1.44. The fourth-order valence-corrected chi connectivity index (χ4v) is 3.60. The van der Waals surface area contributed by atoms with Gasteiger partial charge in [-0.25, -0.2) is 9.78 Å². The largest absolute Gasteiger partial charge is 0.447 e. The van der Waals surface area contributed by atoms with Crippen molar-refractivity contribution in [2.24, 2.45) is 0 Å². The van der Waals surface area contributed by atoms with E-state index in [1.54, 1.807) is 11.4 Å². The van der Waals surface area contributed by atoms with Crippen LogP contribution in [0.5, 0.6) is 0 Å². The van der Waals surface area contributed by atoms with Gasteiger partial charge < -0.3 is 14.8 Å². The van der Waals surface area contributed by atoms with Gasteiger partial charge in [0.15, 0.2) is 0 Å². The number of hydrogen-bond donors (Lipinski definition) is 2. The van der Waals surface area contributed by atoms with E-state index in [1.165, 1.54) is 11.3 Å². The second kappa shape index (κ2) is 9.15. The van der Waals surface area contributed by atoms with E-state index in [0.717, 1.165) is 36.5 Å². The number of aromatic nitrogens is 1. The molecule has 1 aromatic carbocycles. The summed E-state index contributed by atoms with van der Waals surface area (Å²) < 4.78 is 10.9. The Morgan fingerprint density at radius 3 is 2.88 bits per heavy atom. The average molecular weight is 382 g/mol. The van der Waals surface area contributed by atoms with Crippen LogP contribution in [-0.4, -0.2) is 43.5 Å². The number of rotatable bonds is 6. The van der Waals surface area contributed by atoms with Gasteiger partial charge in [0, 0.05) is 10.9 Å². The molecule has 0 atom stereocenters. The molecule has 1 aromatic heterocycles.